The van der Waals surface area contributed by atoms with E-state index >= 15 is 0 Å². The highest BCUT2D eigenvalue weighted by molar-refractivity contribution is 9.09. The lowest BCUT2D eigenvalue weighted by molar-refractivity contribution is 0.260. The number of hydrogen-bond donors (Lipinski definition) is 0. The molecule has 1 aromatic heterocycles. The summed E-state index contributed by atoms with van der Waals surface area (Å²) in [4.78, 5) is 8.21. The molecule has 1 aromatic rings. The number of alkyl halides is 1. The summed E-state index contributed by atoms with van der Waals surface area (Å²) in [5.41, 5.74) is 0.494. The van der Waals surface area contributed by atoms with Gasteiger partial charge in [-0.1, -0.05) is 35.2 Å². The average molecular weight is 301 g/mol. The van der Waals surface area contributed by atoms with Crippen LogP contribution in [0.5, 0.6) is 0 Å². The van der Waals surface area contributed by atoms with E-state index in [1.54, 1.807) is 6.33 Å². The van der Waals surface area contributed by atoms with Gasteiger partial charge in [0.25, 0.3) is 0 Å². The fraction of sp³-hybridized carbons (Fsp3) is 0.667. The lowest BCUT2D eigenvalue weighted by Gasteiger charge is -2.35. The van der Waals surface area contributed by atoms with Gasteiger partial charge in [-0.3, -0.25) is 0 Å². The molecule has 1 fully saturated rings. The third-order valence-corrected chi connectivity index (χ3v) is 5.76. The summed E-state index contributed by atoms with van der Waals surface area (Å²) in [5.74, 6) is 1.18. The molecule has 0 aliphatic heterocycles. The van der Waals surface area contributed by atoms with E-state index in [4.69, 9.17) is 0 Å². The minimum absolute atomic E-state index is 0.494. The highest BCUT2D eigenvalue weighted by Gasteiger charge is 2.30. The van der Waals surface area contributed by atoms with Crippen molar-refractivity contribution in [2.24, 2.45) is 5.41 Å². The normalized spacial score (nSPS) is 19.6. The molecule has 2 rings (SSSR count). The zero-order valence-electron chi connectivity index (χ0n) is 9.36. The van der Waals surface area contributed by atoms with Crippen LogP contribution in [0, 0.1) is 5.41 Å². The molecular weight excluding hydrogens is 284 g/mol. The minimum Gasteiger partial charge on any atom is -0.245 e. The van der Waals surface area contributed by atoms with Crippen molar-refractivity contribution < 1.29 is 0 Å². The third-order valence-electron chi connectivity index (χ3n) is 3.28. The van der Waals surface area contributed by atoms with Crippen LogP contribution in [0.15, 0.2) is 23.6 Å². The largest absolute Gasteiger partial charge is 0.245 e. The number of rotatable bonds is 4. The maximum Gasteiger partial charge on any atom is 0.116 e. The van der Waals surface area contributed by atoms with Gasteiger partial charge in [-0.25, -0.2) is 9.97 Å². The molecular formula is C12H17BrN2S. The van der Waals surface area contributed by atoms with Crippen molar-refractivity contribution in [2.45, 2.75) is 37.1 Å². The zero-order chi connectivity index (χ0) is 11.3. The predicted octanol–water partition coefficient (Wildman–Crippen LogP) is 3.91. The molecule has 4 heteroatoms. The molecule has 1 saturated carbocycles. The van der Waals surface area contributed by atoms with E-state index in [-0.39, 0.29) is 0 Å². The molecule has 1 heterocycles. The van der Waals surface area contributed by atoms with E-state index in [1.165, 1.54) is 37.9 Å². The molecule has 1 aliphatic carbocycles. The van der Waals surface area contributed by atoms with Crippen molar-refractivity contribution in [2.75, 3.05) is 11.1 Å². The van der Waals surface area contributed by atoms with E-state index in [9.17, 15) is 0 Å². The average Bonchev–Trinajstić information content (AvgIpc) is 2.39. The van der Waals surface area contributed by atoms with Crippen LogP contribution in [0.3, 0.4) is 0 Å². The fourth-order valence-corrected chi connectivity index (χ4v) is 4.35. The van der Waals surface area contributed by atoms with Crippen molar-refractivity contribution in [3.05, 3.63) is 18.6 Å². The Labute approximate surface area is 110 Å². The topological polar surface area (TPSA) is 25.8 Å². The van der Waals surface area contributed by atoms with Crippen molar-refractivity contribution in [1.82, 2.24) is 9.97 Å². The van der Waals surface area contributed by atoms with Crippen LogP contribution >= 0.6 is 27.7 Å². The molecule has 0 unspecified atom stereocenters. The molecule has 0 saturated heterocycles. The number of aromatic nitrogens is 2. The van der Waals surface area contributed by atoms with Crippen molar-refractivity contribution in [3.8, 4) is 0 Å². The fourth-order valence-electron chi connectivity index (χ4n) is 2.21. The highest BCUT2D eigenvalue weighted by atomic mass is 79.9. The highest BCUT2D eigenvalue weighted by Crippen LogP contribution is 2.41. The van der Waals surface area contributed by atoms with E-state index in [0.717, 1.165) is 10.4 Å². The quantitative estimate of drug-likeness (QED) is 0.479. The van der Waals surface area contributed by atoms with Crippen LogP contribution in [0.1, 0.15) is 32.1 Å². The summed E-state index contributed by atoms with van der Waals surface area (Å²) in [6.45, 7) is 0. The van der Waals surface area contributed by atoms with Crippen molar-refractivity contribution >= 4 is 27.7 Å². The number of hydrogen-bond acceptors (Lipinski definition) is 3. The van der Waals surface area contributed by atoms with Crippen LogP contribution in [-0.2, 0) is 0 Å². The van der Waals surface area contributed by atoms with Gasteiger partial charge in [0.2, 0.25) is 0 Å². The van der Waals surface area contributed by atoms with E-state index in [1.807, 2.05) is 24.0 Å². The van der Waals surface area contributed by atoms with Crippen LogP contribution in [0.2, 0.25) is 0 Å². The van der Waals surface area contributed by atoms with Gasteiger partial charge in [-0.15, -0.1) is 11.8 Å². The number of thioether (sulfide) groups is 1. The second-order valence-electron chi connectivity index (χ2n) is 4.53. The first-order valence-electron chi connectivity index (χ1n) is 5.79. The molecule has 0 amide bonds. The molecule has 0 aromatic carbocycles. The Morgan fingerprint density at radius 3 is 2.75 bits per heavy atom. The van der Waals surface area contributed by atoms with Crippen LogP contribution in [0.25, 0.3) is 0 Å². The zero-order valence-corrected chi connectivity index (χ0v) is 11.8. The molecule has 88 valence electrons. The minimum atomic E-state index is 0.494. The Hall–Kier alpha value is -0.0900. The molecule has 16 heavy (non-hydrogen) atoms. The third kappa shape index (κ3) is 3.20. The van der Waals surface area contributed by atoms with Crippen molar-refractivity contribution in [1.29, 1.82) is 0 Å². The Morgan fingerprint density at radius 1 is 1.31 bits per heavy atom. The van der Waals surface area contributed by atoms with Gasteiger partial charge >= 0.3 is 0 Å². The molecule has 0 N–H and O–H groups in total. The van der Waals surface area contributed by atoms with E-state index in [2.05, 4.69) is 25.9 Å². The van der Waals surface area contributed by atoms with Gasteiger partial charge < -0.3 is 0 Å². The monoisotopic (exact) mass is 300 g/mol. The maximum atomic E-state index is 4.27. The Balaban J connectivity index is 1.92. The maximum absolute atomic E-state index is 4.27. The SMILES string of the molecule is BrCC1(CSc2ccncn2)CCCCC1. The summed E-state index contributed by atoms with van der Waals surface area (Å²) >= 11 is 5.56. The van der Waals surface area contributed by atoms with Gasteiger partial charge in [0.1, 0.15) is 6.33 Å². The lowest BCUT2D eigenvalue weighted by Crippen LogP contribution is -2.28. The summed E-state index contributed by atoms with van der Waals surface area (Å²) in [7, 11) is 0. The molecule has 0 bridgehead atoms. The van der Waals surface area contributed by atoms with E-state index < -0.39 is 0 Å². The molecule has 0 atom stereocenters. The number of nitrogens with zero attached hydrogens (tertiary/aromatic N) is 2. The number of halogens is 1. The van der Waals surface area contributed by atoms with Gasteiger partial charge in [-0.2, -0.15) is 0 Å². The van der Waals surface area contributed by atoms with Crippen LogP contribution in [-0.4, -0.2) is 21.1 Å². The second kappa shape index (κ2) is 6.01. The lowest BCUT2D eigenvalue weighted by atomic mass is 9.77. The molecule has 2 nitrogen and oxygen atoms in total. The van der Waals surface area contributed by atoms with Gasteiger partial charge in [0, 0.05) is 17.3 Å². The first-order valence-corrected chi connectivity index (χ1v) is 7.90. The summed E-state index contributed by atoms with van der Waals surface area (Å²) in [5, 5.41) is 2.22. The van der Waals surface area contributed by atoms with E-state index in [0.29, 0.717) is 5.41 Å². The summed E-state index contributed by atoms with van der Waals surface area (Å²) < 4.78 is 0. The van der Waals surface area contributed by atoms with Gasteiger partial charge in [-0.05, 0) is 24.3 Å². The Kier molecular flexibility index (Phi) is 4.65. The van der Waals surface area contributed by atoms with Crippen LogP contribution < -0.4 is 0 Å². The standard InChI is InChI=1S/C12H17BrN2S/c13-8-12(5-2-1-3-6-12)9-16-11-4-7-14-10-15-11/h4,7,10H,1-3,5-6,8-9H2. The first-order chi connectivity index (χ1) is 7.85. The Morgan fingerprint density at radius 2 is 2.12 bits per heavy atom. The summed E-state index contributed by atoms with van der Waals surface area (Å²) in [6.07, 6.45) is 10.3. The predicted molar refractivity (Wildman–Crippen MR) is 72.1 cm³/mol. The summed E-state index contributed by atoms with van der Waals surface area (Å²) in [6, 6.07) is 2.00. The van der Waals surface area contributed by atoms with Crippen LogP contribution in [0.4, 0.5) is 0 Å². The molecule has 1 aliphatic rings. The van der Waals surface area contributed by atoms with Gasteiger partial charge in [0.15, 0.2) is 0 Å². The smallest absolute Gasteiger partial charge is 0.116 e. The van der Waals surface area contributed by atoms with Gasteiger partial charge in [0.05, 0.1) is 5.03 Å². The first kappa shape index (κ1) is 12.4. The Bertz CT molecular complexity index is 312. The van der Waals surface area contributed by atoms with Crippen molar-refractivity contribution in [3.63, 3.8) is 0 Å². The molecule has 0 radical (unpaired) electrons. The second-order valence-corrected chi connectivity index (χ2v) is 6.09. The molecule has 0 spiro atoms.